The van der Waals surface area contributed by atoms with Gasteiger partial charge in [-0.25, -0.2) is 4.79 Å². The highest BCUT2D eigenvalue weighted by Crippen LogP contribution is 2.27. The molecule has 1 saturated heterocycles. The van der Waals surface area contributed by atoms with E-state index in [0.29, 0.717) is 43.4 Å². The summed E-state index contributed by atoms with van der Waals surface area (Å²) in [6.07, 6.45) is 5.67. The van der Waals surface area contributed by atoms with E-state index >= 15 is 0 Å². The Labute approximate surface area is 174 Å². The van der Waals surface area contributed by atoms with E-state index in [0.717, 1.165) is 6.42 Å². The van der Waals surface area contributed by atoms with Crippen molar-refractivity contribution in [2.24, 2.45) is 5.92 Å². The summed E-state index contributed by atoms with van der Waals surface area (Å²) < 4.78 is 29.0. The van der Waals surface area contributed by atoms with Crippen molar-refractivity contribution in [2.75, 3.05) is 31.0 Å². The van der Waals surface area contributed by atoms with Crippen LogP contribution in [0, 0.1) is 5.92 Å². The molecule has 29 heavy (non-hydrogen) atoms. The highest BCUT2D eigenvalue weighted by molar-refractivity contribution is 7.80. The molecule has 1 aliphatic heterocycles. The van der Waals surface area contributed by atoms with Crippen molar-refractivity contribution in [3.63, 3.8) is 0 Å². The second-order valence-electron chi connectivity index (χ2n) is 7.76. The number of hydrogen-bond acceptors (Lipinski definition) is 5. The van der Waals surface area contributed by atoms with Gasteiger partial charge in [0.2, 0.25) is 0 Å². The molecule has 2 aliphatic rings. The number of hydrogen-bond donors (Lipinski definition) is 1. The molecule has 0 bridgehead atoms. The number of ether oxygens (including phenoxy) is 1. The molecule has 2 fully saturated rings. The molecule has 160 valence electrons. The summed E-state index contributed by atoms with van der Waals surface area (Å²) in [5, 5.41) is 0. The van der Waals surface area contributed by atoms with Crippen LogP contribution >= 0.6 is 0 Å². The fourth-order valence-electron chi connectivity index (χ4n) is 4.07. The van der Waals surface area contributed by atoms with Gasteiger partial charge in [0.15, 0.2) is 0 Å². The minimum atomic E-state index is -2.40. The first-order chi connectivity index (χ1) is 13.9. The van der Waals surface area contributed by atoms with Crippen molar-refractivity contribution in [1.82, 2.24) is 9.80 Å². The second-order valence-corrected chi connectivity index (χ2v) is 8.43. The Hall–Kier alpha value is -2.13. The molecule has 1 saturated carbocycles. The van der Waals surface area contributed by atoms with E-state index in [-0.39, 0.29) is 18.0 Å². The molecule has 1 unspecified atom stereocenters. The van der Waals surface area contributed by atoms with Gasteiger partial charge in [0.25, 0.3) is 5.91 Å². The average Bonchev–Trinajstić information content (AvgIpc) is 3.21. The molecule has 1 aromatic rings. The van der Waals surface area contributed by atoms with Gasteiger partial charge in [-0.15, -0.1) is 0 Å². The zero-order valence-corrected chi connectivity index (χ0v) is 17.5. The third-order valence-electron chi connectivity index (χ3n) is 5.71. The molecule has 1 heterocycles. The lowest BCUT2D eigenvalue weighted by molar-refractivity contribution is 0.0403. The first kappa shape index (κ1) is 21.6. The SMILES string of the molecule is C[C@@H]1CN(C(=O)OCCC2CCCC2)CCN1C(=O)c1ccc(NS(=O)[O-])cc1. The Morgan fingerprint density at radius 3 is 2.52 bits per heavy atom. The Morgan fingerprint density at radius 2 is 1.90 bits per heavy atom. The summed E-state index contributed by atoms with van der Waals surface area (Å²) in [7, 11) is 0. The van der Waals surface area contributed by atoms with Crippen LogP contribution in [0.25, 0.3) is 0 Å². The maximum Gasteiger partial charge on any atom is 0.409 e. The molecule has 2 amide bonds. The van der Waals surface area contributed by atoms with Crippen molar-refractivity contribution in [3.8, 4) is 0 Å². The van der Waals surface area contributed by atoms with Gasteiger partial charge < -0.3 is 23.8 Å². The summed E-state index contributed by atoms with van der Waals surface area (Å²) in [5.41, 5.74) is 0.875. The number of anilines is 1. The highest BCUT2D eigenvalue weighted by atomic mass is 32.2. The topological polar surface area (TPSA) is 102 Å². The van der Waals surface area contributed by atoms with E-state index < -0.39 is 11.3 Å². The van der Waals surface area contributed by atoms with Gasteiger partial charge in [0.1, 0.15) is 0 Å². The number of carbonyl (C=O) groups is 2. The first-order valence-electron chi connectivity index (χ1n) is 10.1. The van der Waals surface area contributed by atoms with Gasteiger partial charge in [-0.3, -0.25) is 9.00 Å². The molecular weight excluding hydrogens is 394 g/mol. The van der Waals surface area contributed by atoms with Gasteiger partial charge in [-0.1, -0.05) is 25.7 Å². The largest absolute Gasteiger partial charge is 0.755 e. The normalized spacial score (nSPS) is 21.1. The zero-order chi connectivity index (χ0) is 20.8. The van der Waals surface area contributed by atoms with E-state index in [1.54, 1.807) is 34.1 Å². The molecule has 1 N–H and O–H groups in total. The van der Waals surface area contributed by atoms with Crippen molar-refractivity contribution in [3.05, 3.63) is 29.8 Å². The van der Waals surface area contributed by atoms with Gasteiger partial charge in [-0.05, 0) is 43.5 Å². The summed E-state index contributed by atoms with van der Waals surface area (Å²) in [6.45, 7) is 3.68. The zero-order valence-electron chi connectivity index (χ0n) is 16.7. The van der Waals surface area contributed by atoms with Crippen LogP contribution < -0.4 is 4.72 Å². The van der Waals surface area contributed by atoms with Crippen LogP contribution in [0.4, 0.5) is 10.5 Å². The predicted molar refractivity (Wildman–Crippen MR) is 109 cm³/mol. The standard InChI is InChI=1S/C20H29N3O5S/c1-15-14-22(20(25)28-13-10-16-4-2-3-5-16)11-12-23(15)19(24)17-6-8-18(9-7-17)21-29(26)27/h6-9,15-16,21H,2-5,10-14H2,1H3,(H,26,27)/p-1/t15-/m1/s1. The summed E-state index contributed by atoms with van der Waals surface area (Å²) in [4.78, 5) is 28.5. The monoisotopic (exact) mass is 422 g/mol. The van der Waals surface area contributed by atoms with Crippen molar-refractivity contribution in [2.45, 2.75) is 45.1 Å². The van der Waals surface area contributed by atoms with Crippen LogP contribution in [0.15, 0.2) is 24.3 Å². The van der Waals surface area contributed by atoms with Crippen LogP contribution in [-0.4, -0.2) is 62.8 Å². The van der Waals surface area contributed by atoms with Crippen molar-refractivity contribution < 1.29 is 23.1 Å². The van der Waals surface area contributed by atoms with Crippen LogP contribution in [0.5, 0.6) is 0 Å². The van der Waals surface area contributed by atoms with Crippen molar-refractivity contribution >= 4 is 29.0 Å². The lowest BCUT2D eigenvalue weighted by Crippen LogP contribution is -2.55. The number of piperazine rings is 1. The molecular formula is C20H28N3O5S-. The molecule has 1 aromatic carbocycles. The summed E-state index contributed by atoms with van der Waals surface area (Å²) >= 11 is -2.40. The van der Waals surface area contributed by atoms with Crippen LogP contribution in [0.2, 0.25) is 0 Å². The van der Waals surface area contributed by atoms with Gasteiger partial charge in [0.05, 0.1) is 6.61 Å². The molecule has 9 heteroatoms. The molecule has 3 rings (SSSR count). The number of carbonyl (C=O) groups excluding carboxylic acids is 2. The van der Waals surface area contributed by atoms with Gasteiger partial charge in [0, 0.05) is 48.2 Å². The number of nitrogens with one attached hydrogen (secondary N) is 1. The minimum absolute atomic E-state index is 0.134. The third-order valence-corrected chi connectivity index (χ3v) is 6.11. The minimum Gasteiger partial charge on any atom is -0.755 e. The van der Waals surface area contributed by atoms with Crippen LogP contribution in [0.3, 0.4) is 0 Å². The summed E-state index contributed by atoms with van der Waals surface area (Å²) in [5.74, 6) is 0.549. The van der Waals surface area contributed by atoms with E-state index in [4.69, 9.17) is 4.74 Å². The van der Waals surface area contributed by atoms with E-state index in [1.807, 2.05) is 6.92 Å². The quantitative estimate of drug-likeness (QED) is 0.710. The van der Waals surface area contributed by atoms with Crippen LogP contribution in [0.1, 0.15) is 49.4 Å². The molecule has 0 radical (unpaired) electrons. The van der Waals surface area contributed by atoms with E-state index in [2.05, 4.69) is 4.72 Å². The second kappa shape index (κ2) is 10.1. The Kier molecular flexibility index (Phi) is 7.49. The van der Waals surface area contributed by atoms with E-state index in [9.17, 15) is 18.4 Å². The average molecular weight is 423 g/mol. The third kappa shape index (κ3) is 5.93. The van der Waals surface area contributed by atoms with E-state index in [1.165, 1.54) is 25.7 Å². The number of benzene rings is 1. The fraction of sp³-hybridized carbons (Fsp3) is 0.600. The Bertz CT molecular complexity index is 736. The van der Waals surface area contributed by atoms with Crippen LogP contribution in [-0.2, 0) is 16.0 Å². The molecule has 0 aromatic heterocycles. The first-order valence-corrected chi connectivity index (χ1v) is 11.2. The molecule has 2 atom stereocenters. The predicted octanol–water partition coefficient (Wildman–Crippen LogP) is 2.76. The number of rotatable bonds is 6. The Morgan fingerprint density at radius 1 is 1.21 bits per heavy atom. The maximum absolute atomic E-state index is 12.8. The van der Waals surface area contributed by atoms with Crippen molar-refractivity contribution in [1.29, 1.82) is 0 Å². The fourth-order valence-corrected chi connectivity index (χ4v) is 4.40. The number of amides is 2. The Balaban J connectivity index is 1.47. The van der Waals surface area contributed by atoms with Gasteiger partial charge >= 0.3 is 6.09 Å². The lowest BCUT2D eigenvalue weighted by Gasteiger charge is -2.39. The maximum atomic E-state index is 12.8. The molecule has 1 aliphatic carbocycles. The molecule has 8 nitrogen and oxygen atoms in total. The smallest absolute Gasteiger partial charge is 0.409 e. The number of nitrogens with zero attached hydrogens (tertiary/aromatic N) is 2. The summed E-state index contributed by atoms with van der Waals surface area (Å²) in [6, 6.07) is 6.14. The van der Waals surface area contributed by atoms with Gasteiger partial charge in [-0.2, -0.15) is 0 Å². The highest BCUT2D eigenvalue weighted by Gasteiger charge is 2.31. The molecule has 0 spiro atoms. The lowest BCUT2D eigenvalue weighted by atomic mass is 10.1.